The van der Waals surface area contributed by atoms with Gasteiger partial charge in [0.05, 0.1) is 14.9 Å². The Bertz CT molecular complexity index is 356. The monoisotopic (exact) mass is 316 g/mol. The second kappa shape index (κ2) is 11.5. The summed E-state index contributed by atoms with van der Waals surface area (Å²) in [5.41, 5.74) is 1.15. The number of aliphatic hydroxyl groups excluding tert-OH is 1. The maximum absolute atomic E-state index is 8.68. The normalized spacial score (nSPS) is 11.2. The van der Waals surface area contributed by atoms with Gasteiger partial charge in [0.25, 0.3) is 0 Å². The number of aryl methyl sites for hydroxylation is 2. The summed E-state index contributed by atoms with van der Waals surface area (Å²) >= 11 is 3.49. The van der Waals surface area contributed by atoms with E-state index in [1.54, 1.807) is 23.3 Å². The Hall–Kier alpha value is -0.100. The van der Waals surface area contributed by atoms with E-state index in [1.807, 2.05) is 0 Å². The van der Waals surface area contributed by atoms with Crippen LogP contribution < -0.4 is 4.72 Å². The molecule has 0 aliphatic rings. The molecule has 0 fully saturated rings. The van der Waals surface area contributed by atoms with E-state index in [4.69, 9.17) is 5.11 Å². The molecule has 1 aromatic rings. The van der Waals surface area contributed by atoms with Crippen LogP contribution in [0.2, 0.25) is 0 Å². The predicted octanol–water partition coefficient (Wildman–Crippen LogP) is 4.47. The first-order valence-corrected chi connectivity index (χ1v) is 9.32. The van der Waals surface area contributed by atoms with Gasteiger partial charge in [-0.3, -0.25) is 4.72 Å². The Morgan fingerprint density at radius 1 is 1.00 bits per heavy atom. The van der Waals surface area contributed by atoms with Gasteiger partial charge in [-0.25, -0.2) is 4.98 Å². The highest BCUT2D eigenvalue weighted by Crippen LogP contribution is 2.26. The van der Waals surface area contributed by atoms with Crippen LogP contribution in [0.4, 0.5) is 0 Å². The van der Waals surface area contributed by atoms with Gasteiger partial charge in [0.2, 0.25) is 0 Å². The van der Waals surface area contributed by atoms with Crippen LogP contribution >= 0.6 is 23.3 Å². The van der Waals surface area contributed by atoms with Crippen LogP contribution in [0.1, 0.15) is 62.1 Å². The maximum atomic E-state index is 8.68. The molecule has 0 atom stereocenters. The van der Waals surface area contributed by atoms with Crippen molar-refractivity contribution >= 4 is 23.3 Å². The Morgan fingerprint density at radius 3 is 2.15 bits per heavy atom. The fraction of sp³-hybridized carbons (Fsp3) is 0.800. The van der Waals surface area contributed by atoms with Crippen molar-refractivity contribution in [2.45, 2.75) is 69.4 Å². The number of hydrogen-bond donors (Lipinski definition) is 2. The second-order valence-electron chi connectivity index (χ2n) is 5.15. The molecular weight excluding hydrogens is 288 g/mol. The van der Waals surface area contributed by atoms with Gasteiger partial charge in [-0.15, -0.1) is 11.3 Å². The van der Waals surface area contributed by atoms with Crippen molar-refractivity contribution in [1.29, 1.82) is 0 Å². The smallest absolute Gasteiger partial charge is 0.0981 e. The Balaban J connectivity index is 1.86. The van der Waals surface area contributed by atoms with E-state index < -0.39 is 0 Å². The van der Waals surface area contributed by atoms with E-state index in [0.29, 0.717) is 6.61 Å². The molecule has 0 aliphatic carbocycles. The van der Waals surface area contributed by atoms with Crippen molar-refractivity contribution in [3.05, 3.63) is 10.7 Å². The molecule has 116 valence electrons. The number of hydrogen-bond acceptors (Lipinski definition) is 5. The van der Waals surface area contributed by atoms with Gasteiger partial charge in [-0.05, 0) is 38.6 Å². The molecule has 1 rings (SSSR count). The third-order valence-electron chi connectivity index (χ3n) is 3.21. The predicted molar refractivity (Wildman–Crippen MR) is 89.5 cm³/mol. The molecule has 5 heteroatoms. The highest BCUT2D eigenvalue weighted by Gasteiger charge is 2.04. The average molecular weight is 317 g/mol. The molecule has 0 saturated carbocycles. The van der Waals surface area contributed by atoms with E-state index in [0.717, 1.165) is 23.7 Å². The molecule has 0 unspecified atom stereocenters. The Labute approximate surface area is 131 Å². The summed E-state index contributed by atoms with van der Waals surface area (Å²) < 4.78 is 4.73. The highest BCUT2D eigenvalue weighted by molar-refractivity contribution is 7.99. The van der Waals surface area contributed by atoms with Crippen molar-refractivity contribution in [3.8, 4) is 0 Å². The van der Waals surface area contributed by atoms with Gasteiger partial charge in [0.15, 0.2) is 0 Å². The molecule has 0 amide bonds. The molecule has 0 radical (unpaired) electrons. The zero-order chi connectivity index (χ0) is 14.6. The van der Waals surface area contributed by atoms with E-state index in [-0.39, 0.29) is 0 Å². The Kier molecular flexibility index (Phi) is 10.4. The van der Waals surface area contributed by atoms with Crippen molar-refractivity contribution < 1.29 is 5.11 Å². The molecule has 0 bridgehead atoms. The first-order valence-electron chi connectivity index (χ1n) is 7.68. The molecule has 0 aliphatic heterocycles. The zero-order valence-electron chi connectivity index (χ0n) is 12.8. The molecule has 1 heterocycles. The lowest BCUT2D eigenvalue weighted by molar-refractivity contribution is 0.282. The van der Waals surface area contributed by atoms with Crippen LogP contribution in [0.3, 0.4) is 0 Å². The van der Waals surface area contributed by atoms with Crippen molar-refractivity contribution in [1.82, 2.24) is 9.71 Å². The fourth-order valence-corrected chi connectivity index (χ4v) is 4.01. The van der Waals surface area contributed by atoms with Gasteiger partial charge >= 0.3 is 0 Å². The Morgan fingerprint density at radius 2 is 1.60 bits per heavy atom. The summed E-state index contributed by atoms with van der Waals surface area (Å²) in [6.07, 6.45) is 9.99. The average Bonchev–Trinajstić information content (AvgIpc) is 2.74. The highest BCUT2D eigenvalue weighted by atomic mass is 32.2. The van der Waals surface area contributed by atoms with Gasteiger partial charge < -0.3 is 5.11 Å². The van der Waals surface area contributed by atoms with Crippen LogP contribution in [0.15, 0.2) is 4.21 Å². The third kappa shape index (κ3) is 8.25. The lowest BCUT2D eigenvalue weighted by atomic mass is 10.1. The maximum Gasteiger partial charge on any atom is 0.0981 e. The number of thiazole rings is 1. The minimum Gasteiger partial charge on any atom is -0.396 e. The van der Waals surface area contributed by atoms with E-state index in [9.17, 15) is 0 Å². The number of unbranched alkanes of at least 4 members (excludes halogenated alkanes) is 7. The minimum absolute atomic E-state index is 0.349. The second-order valence-corrected chi connectivity index (χ2v) is 7.52. The molecule has 3 nitrogen and oxygen atoms in total. The van der Waals surface area contributed by atoms with E-state index in [1.165, 1.54) is 49.2 Å². The molecular formula is C15H28N2OS2. The van der Waals surface area contributed by atoms with Gasteiger partial charge in [0.1, 0.15) is 0 Å². The molecule has 20 heavy (non-hydrogen) atoms. The van der Waals surface area contributed by atoms with Crippen LogP contribution in [-0.4, -0.2) is 23.2 Å². The van der Waals surface area contributed by atoms with Gasteiger partial charge in [0, 0.05) is 13.2 Å². The largest absolute Gasteiger partial charge is 0.396 e. The van der Waals surface area contributed by atoms with Crippen molar-refractivity contribution in [3.63, 3.8) is 0 Å². The van der Waals surface area contributed by atoms with Crippen molar-refractivity contribution in [2.24, 2.45) is 0 Å². The first-order chi connectivity index (χ1) is 9.74. The summed E-state index contributed by atoms with van der Waals surface area (Å²) in [6, 6.07) is 0. The van der Waals surface area contributed by atoms with Gasteiger partial charge in [-0.2, -0.15) is 0 Å². The third-order valence-corrected chi connectivity index (χ3v) is 5.41. The summed E-state index contributed by atoms with van der Waals surface area (Å²) in [5.74, 6) is 0. The quantitative estimate of drug-likeness (QED) is 0.441. The number of nitrogens with one attached hydrogen (secondary N) is 1. The topological polar surface area (TPSA) is 45.2 Å². The molecule has 0 spiro atoms. The van der Waals surface area contributed by atoms with Gasteiger partial charge in [-0.1, -0.05) is 38.5 Å². The standard InChI is InChI=1S/C15H28N2OS2/c1-13-15(19-14(2)17-13)20-16-11-9-7-5-3-4-6-8-10-12-18/h16,18H,3-12H2,1-2H3. The SMILES string of the molecule is Cc1nc(C)c(SNCCCCCCCCCCO)s1. The number of nitrogens with zero attached hydrogens (tertiary/aromatic N) is 1. The van der Waals surface area contributed by atoms with Crippen LogP contribution in [0.25, 0.3) is 0 Å². The number of aliphatic hydroxyl groups is 1. The fourth-order valence-electron chi connectivity index (χ4n) is 2.09. The van der Waals surface area contributed by atoms with Crippen LogP contribution in [-0.2, 0) is 0 Å². The summed E-state index contributed by atoms with van der Waals surface area (Å²) in [7, 11) is 0. The van der Waals surface area contributed by atoms with Crippen LogP contribution in [0.5, 0.6) is 0 Å². The zero-order valence-corrected chi connectivity index (χ0v) is 14.4. The lowest BCUT2D eigenvalue weighted by Gasteiger charge is -2.03. The summed E-state index contributed by atoms with van der Waals surface area (Å²) in [5, 5.41) is 9.82. The lowest BCUT2D eigenvalue weighted by Crippen LogP contribution is -2.04. The van der Waals surface area contributed by atoms with Crippen molar-refractivity contribution in [2.75, 3.05) is 13.2 Å². The summed E-state index contributed by atoms with van der Waals surface area (Å²) in [6.45, 7) is 5.56. The van der Waals surface area contributed by atoms with E-state index >= 15 is 0 Å². The summed E-state index contributed by atoms with van der Waals surface area (Å²) in [4.78, 5) is 4.42. The van der Waals surface area contributed by atoms with Crippen LogP contribution in [0, 0.1) is 13.8 Å². The molecule has 1 aromatic heterocycles. The van der Waals surface area contributed by atoms with E-state index in [2.05, 4.69) is 23.6 Å². The first kappa shape index (κ1) is 18.0. The molecule has 0 saturated heterocycles. The number of aromatic nitrogens is 1. The molecule has 2 N–H and O–H groups in total. The number of rotatable bonds is 12. The minimum atomic E-state index is 0.349. The molecule has 0 aromatic carbocycles.